The molecule has 0 spiro atoms. The smallest absolute Gasteiger partial charge is 0.328 e. The molecule has 0 amide bonds. The van der Waals surface area contributed by atoms with Gasteiger partial charge in [-0.25, -0.2) is 19.7 Å². The van der Waals surface area contributed by atoms with Gasteiger partial charge < -0.3 is 9.47 Å². The molecule has 3 aromatic heterocycles. The number of hydrogen-bond acceptors (Lipinski definition) is 6. The maximum atomic E-state index is 12.0. The van der Waals surface area contributed by atoms with Crippen LogP contribution >= 0.6 is 0 Å². The van der Waals surface area contributed by atoms with Crippen molar-refractivity contribution in [2.75, 3.05) is 20.8 Å². The second kappa shape index (κ2) is 6.57. The summed E-state index contributed by atoms with van der Waals surface area (Å²) in [5.74, 6) is 0.528. The van der Waals surface area contributed by atoms with Crippen molar-refractivity contribution in [2.45, 2.75) is 13.0 Å². The lowest BCUT2D eigenvalue weighted by Gasteiger charge is -2.04. The van der Waals surface area contributed by atoms with Crippen LogP contribution in [0, 0.1) is 0 Å². The van der Waals surface area contributed by atoms with Crippen LogP contribution < -0.4 is 10.4 Å². The fourth-order valence-corrected chi connectivity index (χ4v) is 2.30. The molecular formula is C15H17N5O3. The minimum atomic E-state index is -0.221. The van der Waals surface area contributed by atoms with E-state index in [4.69, 9.17) is 9.47 Å². The zero-order valence-corrected chi connectivity index (χ0v) is 12.9. The summed E-state index contributed by atoms with van der Waals surface area (Å²) in [5.41, 5.74) is 2.21. The molecule has 23 heavy (non-hydrogen) atoms. The van der Waals surface area contributed by atoms with Gasteiger partial charge in [0.25, 0.3) is 0 Å². The molecule has 0 saturated heterocycles. The van der Waals surface area contributed by atoms with Crippen molar-refractivity contribution in [1.29, 1.82) is 0 Å². The SMILES string of the molecule is COCCCn1c(=O)[nH]c2nc(-c3ccc(OC)nc3)cnc21. The van der Waals surface area contributed by atoms with Crippen LogP contribution in [0.15, 0.2) is 29.3 Å². The van der Waals surface area contributed by atoms with Crippen LogP contribution in [0.5, 0.6) is 5.88 Å². The molecule has 1 N–H and O–H groups in total. The quantitative estimate of drug-likeness (QED) is 0.687. The van der Waals surface area contributed by atoms with Gasteiger partial charge in [-0.05, 0) is 12.5 Å². The van der Waals surface area contributed by atoms with Gasteiger partial charge >= 0.3 is 5.69 Å². The van der Waals surface area contributed by atoms with Gasteiger partial charge in [-0.1, -0.05) is 0 Å². The first kappa shape index (κ1) is 15.2. The number of aromatic nitrogens is 5. The zero-order valence-electron chi connectivity index (χ0n) is 12.9. The number of rotatable bonds is 6. The number of imidazole rings is 1. The molecule has 8 heteroatoms. The van der Waals surface area contributed by atoms with E-state index < -0.39 is 0 Å². The molecule has 0 saturated carbocycles. The maximum absolute atomic E-state index is 12.0. The Morgan fingerprint density at radius 2 is 2.09 bits per heavy atom. The molecule has 0 aliphatic heterocycles. The highest BCUT2D eigenvalue weighted by atomic mass is 16.5. The number of aryl methyl sites for hydroxylation is 1. The molecule has 8 nitrogen and oxygen atoms in total. The summed E-state index contributed by atoms with van der Waals surface area (Å²) in [6.07, 6.45) is 4.02. The highest BCUT2D eigenvalue weighted by Crippen LogP contribution is 2.19. The predicted octanol–water partition coefficient (Wildman–Crippen LogP) is 1.23. The van der Waals surface area contributed by atoms with Crippen molar-refractivity contribution < 1.29 is 9.47 Å². The number of pyridine rings is 1. The Kier molecular flexibility index (Phi) is 4.33. The fraction of sp³-hybridized carbons (Fsp3) is 0.333. The summed E-state index contributed by atoms with van der Waals surface area (Å²) in [5, 5.41) is 0. The van der Waals surface area contributed by atoms with Crippen molar-refractivity contribution in [3.63, 3.8) is 0 Å². The number of aromatic amines is 1. The van der Waals surface area contributed by atoms with E-state index in [0.717, 1.165) is 12.0 Å². The van der Waals surface area contributed by atoms with Crippen molar-refractivity contribution in [3.05, 3.63) is 35.0 Å². The molecule has 0 aliphatic rings. The first-order valence-electron chi connectivity index (χ1n) is 7.18. The third-order valence-electron chi connectivity index (χ3n) is 3.45. The summed E-state index contributed by atoms with van der Waals surface area (Å²) in [6.45, 7) is 1.12. The molecule has 0 aliphatic carbocycles. The molecule has 3 rings (SSSR count). The number of fused-ring (bicyclic) bond motifs is 1. The molecule has 0 fully saturated rings. The number of H-pyrrole nitrogens is 1. The van der Waals surface area contributed by atoms with Crippen molar-refractivity contribution in [1.82, 2.24) is 24.5 Å². The largest absolute Gasteiger partial charge is 0.481 e. The summed E-state index contributed by atoms with van der Waals surface area (Å²) >= 11 is 0. The summed E-state index contributed by atoms with van der Waals surface area (Å²) in [4.78, 5) is 27.7. The van der Waals surface area contributed by atoms with Crippen molar-refractivity contribution >= 4 is 11.3 Å². The highest BCUT2D eigenvalue weighted by Gasteiger charge is 2.11. The average Bonchev–Trinajstić information content (AvgIpc) is 2.90. The van der Waals surface area contributed by atoms with Gasteiger partial charge in [-0.3, -0.25) is 9.55 Å². The first-order valence-corrected chi connectivity index (χ1v) is 7.18. The van der Waals surface area contributed by atoms with Crippen LogP contribution in [-0.2, 0) is 11.3 Å². The van der Waals surface area contributed by atoms with Crippen LogP contribution in [0.25, 0.3) is 22.6 Å². The third kappa shape index (κ3) is 3.07. The summed E-state index contributed by atoms with van der Waals surface area (Å²) in [6, 6.07) is 3.59. The molecule has 0 aromatic carbocycles. The summed E-state index contributed by atoms with van der Waals surface area (Å²) < 4.78 is 11.6. The molecular weight excluding hydrogens is 298 g/mol. The highest BCUT2D eigenvalue weighted by molar-refractivity contribution is 5.70. The number of methoxy groups -OCH3 is 2. The minimum Gasteiger partial charge on any atom is -0.481 e. The van der Waals surface area contributed by atoms with Gasteiger partial charge in [-0.15, -0.1) is 0 Å². The Bertz CT molecular complexity index is 854. The Morgan fingerprint density at radius 1 is 1.22 bits per heavy atom. The number of hydrogen-bond donors (Lipinski definition) is 1. The monoisotopic (exact) mass is 315 g/mol. The van der Waals surface area contributed by atoms with Gasteiger partial charge in [0.2, 0.25) is 5.88 Å². The van der Waals surface area contributed by atoms with Crippen LogP contribution in [0.1, 0.15) is 6.42 Å². The van der Waals surface area contributed by atoms with Crippen LogP contribution in [0.2, 0.25) is 0 Å². The molecule has 3 aromatic rings. The van der Waals surface area contributed by atoms with E-state index in [1.54, 1.807) is 37.2 Å². The maximum Gasteiger partial charge on any atom is 0.328 e. The van der Waals surface area contributed by atoms with Crippen LogP contribution in [0.3, 0.4) is 0 Å². The van der Waals surface area contributed by atoms with Gasteiger partial charge in [0.1, 0.15) is 0 Å². The number of ether oxygens (including phenoxy) is 2. The Balaban J connectivity index is 1.94. The number of nitrogens with zero attached hydrogens (tertiary/aromatic N) is 4. The van der Waals surface area contributed by atoms with E-state index in [0.29, 0.717) is 36.0 Å². The minimum absolute atomic E-state index is 0.221. The Labute approximate surface area is 132 Å². The molecule has 0 radical (unpaired) electrons. The van der Waals surface area contributed by atoms with E-state index >= 15 is 0 Å². The summed E-state index contributed by atoms with van der Waals surface area (Å²) in [7, 11) is 3.19. The lowest BCUT2D eigenvalue weighted by atomic mass is 10.2. The normalized spacial score (nSPS) is 11.0. The van der Waals surface area contributed by atoms with Crippen LogP contribution in [-0.4, -0.2) is 45.3 Å². The first-order chi connectivity index (χ1) is 11.2. The molecule has 3 heterocycles. The standard InChI is InChI=1S/C15H17N5O3/c1-22-7-3-6-20-14-13(19-15(20)21)18-11(9-17-14)10-4-5-12(23-2)16-8-10/h4-5,8-9H,3,6-7H2,1-2H3,(H,18,19,21). The van der Waals surface area contributed by atoms with E-state index in [-0.39, 0.29) is 5.69 Å². The number of nitrogens with one attached hydrogen (secondary N) is 1. The van der Waals surface area contributed by atoms with Crippen LogP contribution in [0.4, 0.5) is 0 Å². The van der Waals surface area contributed by atoms with Gasteiger partial charge in [0.15, 0.2) is 11.3 Å². The lowest BCUT2D eigenvalue weighted by molar-refractivity contribution is 0.190. The Morgan fingerprint density at radius 3 is 2.78 bits per heavy atom. The molecule has 120 valence electrons. The van der Waals surface area contributed by atoms with Gasteiger partial charge in [0.05, 0.1) is 19.0 Å². The molecule has 0 unspecified atom stereocenters. The van der Waals surface area contributed by atoms with E-state index in [1.165, 1.54) is 0 Å². The topological polar surface area (TPSA) is 94.9 Å². The van der Waals surface area contributed by atoms with Gasteiger partial charge in [0, 0.05) is 38.1 Å². The second-order valence-electron chi connectivity index (χ2n) is 4.94. The van der Waals surface area contributed by atoms with Crippen molar-refractivity contribution in [2.24, 2.45) is 0 Å². The molecule has 0 bridgehead atoms. The third-order valence-corrected chi connectivity index (χ3v) is 3.45. The molecule has 0 atom stereocenters. The van der Waals surface area contributed by atoms with E-state index in [9.17, 15) is 4.79 Å². The van der Waals surface area contributed by atoms with E-state index in [2.05, 4.69) is 19.9 Å². The zero-order chi connectivity index (χ0) is 16.2. The predicted molar refractivity (Wildman–Crippen MR) is 84.4 cm³/mol. The second-order valence-corrected chi connectivity index (χ2v) is 4.94. The average molecular weight is 315 g/mol. The fourth-order valence-electron chi connectivity index (χ4n) is 2.30. The van der Waals surface area contributed by atoms with Gasteiger partial charge in [-0.2, -0.15) is 0 Å². The Hall–Kier alpha value is -2.74. The lowest BCUT2D eigenvalue weighted by Crippen LogP contribution is -2.17. The van der Waals surface area contributed by atoms with E-state index in [1.807, 2.05) is 6.07 Å². The van der Waals surface area contributed by atoms with Crippen molar-refractivity contribution in [3.8, 4) is 17.1 Å².